The number of carbonyl (C=O) groups is 2. The van der Waals surface area contributed by atoms with E-state index < -0.39 is 12.2 Å². The normalized spacial score (nSPS) is 24.9. The van der Waals surface area contributed by atoms with Crippen molar-refractivity contribution >= 4 is 17.6 Å². The average Bonchev–Trinajstić information content (AvgIpc) is 3.50. The molecule has 0 aromatic heterocycles. The summed E-state index contributed by atoms with van der Waals surface area (Å²) < 4.78 is 25.5. The Bertz CT molecular complexity index is 1110. The van der Waals surface area contributed by atoms with Crippen LogP contribution in [0.1, 0.15) is 55.6 Å². The Morgan fingerprint density at radius 2 is 1.94 bits per heavy atom. The van der Waals surface area contributed by atoms with Crippen LogP contribution in [0, 0.1) is 5.82 Å². The Kier molecular flexibility index (Phi) is 7.38. The van der Waals surface area contributed by atoms with Gasteiger partial charge in [0.05, 0.1) is 19.1 Å². The van der Waals surface area contributed by atoms with Gasteiger partial charge in [0.1, 0.15) is 23.8 Å². The summed E-state index contributed by atoms with van der Waals surface area (Å²) in [7, 11) is 0. The summed E-state index contributed by atoms with van der Waals surface area (Å²) >= 11 is 0. The predicted molar refractivity (Wildman–Crippen MR) is 131 cm³/mol. The molecule has 5 rings (SSSR count). The van der Waals surface area contributed by atoms with E-state index in [1.54, 1.807) is 18.2 Å². The van der Waals surface area contributed by atoms with Gasteiger partial charge in [-0.25, -0.2) is 9.18 Å². The summed E-state index contributed by atoms with van der Waals surface area (Å²) in [5.74, 6) is 0.0630. The van der Waals surface area contributed by atoms with Crippen molar-refractivity contribution < 1.29 is 28.6 Å². The van der Waals surface area contributed by atoms with Crippen LogP contribution in [-0.4, -0.2) is 48.0 Å². The van der Waals surface area contributed by atoms with Crippen LogP contribution in [-0.2, 0) is 16.1 Å². The molecule has 0 spiro atoms. The van der Waals surface area contributed by atoms with Gasteiger partial charge in [0, 0.05) is 29.8 Å². The molecule has 3 amide bonds. The van der Waals surface area contributed by atoms with Gasteiger partial charge in [-0.2, -0.15) is 0 Å². The van der Waals surface area contributed by atoms with Crippen LogP contribution < -0.4 is 20.7 Å². The first-order chi connectivity index (χ1) is 17.5. The summed E-state index contributed by atoms with van der Waals surface area (Å²) in [5.41, 5.74) is 2.28. The minimum absolute atomic E-state index is 0.0773. The summed E-state index contributed by atoms with van der Waals surface area (Å²) in [5, 5.41) is 18.7. The van der Waals surface area contributed by atoms with E-state index in [0.717, 1.165) is 31.2 Å². The third-order valence-electron chi connectivity index (χ3n) is 7.24. The highest BCUT2D eigenvalue weighted by Crippen LogP contribution is 2.47. The second kappa shape index (κ2) is 10.8. The van der Waals surface area contributed by atoms with E-state index in [1.807, 2.05) is 12.1 Å². The number of anilines is 1. The monoisotopic (exact) mass is 497 g/mol. The predicted octanol–water partition coefficient (Wildman–Crippen LogP) is 3.59. The Labute approximate surface area is 209 Å². The SMILES string of the molecule is O=C(C[C@H]1C[C@@H]2c3cc(NC(=O)NC4CCCC4)ccc3O[C@@H]2[C@H](CO)O1)NCc1cccc(F)c1. The number of hydrogen-bond acceptors (Lipinski definition) is 5. The molecule has 36 heavy (non-hydrogen) atoms. The average molecular weight is 498 g/mol. The third kappa shape index (κ3) is 5.63. The van der Waals surface area contributed by atoms with E-state index in [2.05, 4.69) is 16.0 Å². The molecule has 2 aromatic rings. The molecule has 2 aromatic carbocycles. The van der Waals surface area contributed by atoms with Crippen molar-refractivity contribution in [3.05, 3.63) is 59.4 Å². The van der Waals surface area contributed by atoms with Crippen molar-refractivity contribution in [2.24, 2.45) is 0 Å². The highest BCUT2D eigenvalue weighted by molar-refractivity contribution is 5.89. The largest absolute Gasteiger partial charge is 0.487 e. The maximum absolute atomic E-state index is 13.4. The second-order valence-electron chi connectivity index (χ2n) is 9.85. The molecular formula is C27H32FN3O5. The topological polar surface area (TPSA) is 109 Å². The van der Waals surface area contributed by atoms with Gasteiger partial charge < -0.3 is 30.5 Å². The van der Waals surface area contributed by atoms with Crippen molar-refractivity contribution in [3.8, 4) is 5.75 Å². The number of aliphatic hydroxyl groups excluding tert-OH is 1. The van der Waals surface area contributed by atoms with Gasteiger partial charge in [-0.05, 0) is 55.2 Å². The third-order valence-corrected chi connectivity index (χ3v) is 7.24. The zero-order valence-corrected chi connectivity index (χ0v) is 20.0. The molecule has 1 aliphatic carbocycles. The lowest BCUT2D eigenvalue weighted by Crippen LogP contribution is -2.47. The van der Waals surface area contributed by atoms with Crippen LogP contribution in [0.15, 0.2) is 42.5 Å². The van der Waals surface area contributed by atoms with E-state index >= 15 is 0 Å². The first-order valence-corrected chi connectivity index (χ1v) is 12.6. The van der Waals surface area contributed by atoms with Gasteiger partial charge in [0.2, 0.25) is 5.91 Å². The first-order valence-electron chi connectivity index (χ1n) is 12.6. The van der Waals surface area contributed by atoms with Crippen LogP contribution in [0.25, 0.3) is 0 Å². The van der Waals surface area contributed by atoms with Crippen molar-refractivity contribution in [1.82, 2.24) is 10.6 Å². The van der Waals surface area contributed by atoms with Gasteiger partial charge in [-0.1, -0.05) is 25.0 Å². The smallest absolute Gasteiger partial charge is 0.319 e. The maximum Gasteiger partial charge on any atom is 0.319 e. The molecule has 2 aliphatic heterocycles. The van der Waals surface area contributed by atoms with Crippen LogP contribution in [0.5, 0.6) is 5.75 Å². The van der Waals surface area contributed by atoms with Gasteiger partial charge >= 0.3 is 6.03 Å². The second-order valence-corrected chi connectivity index (χ2v) is 9.85. The van der Waals surface area contributed by atoms with Crippen molar-refractivity contribution in [3.63, 3.8) is 0 Å². The van der Waals surface area contributed by atoms with Gasteiger partial charge in [-0.3, -0.25) is 4.79 Å². The molecule has 2 fully saturated rings. The fourth-order valence-corrected chi connectivity index (χ4v) is 5.52. The molecule has 0 unspecified atom stereocenters. The van der Waals surface area contributed by atoms with Crippen LogP contribution >= 0.6 is 0 Å². The van der Waals surface area contributed by atoms with Crippen LogP contribution in [0.4, 0.5) is 14.9 Å². The molecule has 1 saturated carbocycles. The number of aliphatic hydroxyl groups is 1. The minimum atomic E-state index is -0.570. The van der Waals surface area contributed by atoms with Crippen LogP contribution in [0.2, 0.25) is 0 Å². The zero-order chi connectivity index (χ0) is 25.1. The van der Waals surface area contributed by atoms with Gasteiger partial charge in [0.15, 0.2) is 0 Å². The Morgan fingerprint density at radius 1 is 1.11 bits per heavy atom. The first kappa shape index (κ1) is 24.5. The Morgan fingerprint density at radius 3 is 2.72 bits per heavy atom. The molecule has 0 radical (unpaired) electrons. The number of urea groups is 1. The van der Waals surface area contributed by atoms with E-state index in [9.17, 15) is 19.1 Å². The summed E-state index contributed by atoms with van der Waals surface area (Å²) in [4.78, 5) is 25.0. The molecule has 3 aliphatic rings. The van der Waals surface area contributed by atoms with Gasteiger partial charge in [-0.15, -0.1) is 0 Å². The standard InChI is InChI=1S/C27H32FN3O5/c28-17-5-3-4-16(10-17)14-29-25(33)13-20-12-22-21-11-19(31-27(34)30-18-6-1-2-7-18)8-9-23(21)36-26(22)24(15-32)35-20/h3-5,8-11,18,20,22,24,26,32H,1-2,6-7,12-15H2,(H,29,33)(H2,30,31,34)/t20-,22-,24+,26+/m1/s1. The van der Waals surface area contributed by atoms with Crippen LogP contribution in [0.3, 0.4) is 0 Å². The Hall–Kier alpha value is -3.17. The maximum atomic E-state index is 13.4. The number of benzene rings is 2. The highest BCUT2D eigenvalue weighted by Gasteiger charge is 2.46. The number of hydrogen-bond donors (Lipinski definition) is 4. The van der Waals surface area contributed by atoms with Gasteiger partial charge in [0.25, 0.3) is 0 Å². The highest BCUT2D eigenvalue weighted by atomic mass is 19.1. The fourth-order valence-electron chi connectivity index (χ4n) is 5.52. The Balaban J connectivity index is 1.22. The molecule has 1 saturated heterocycles. The van der Waals surface area contributed by atoms with E-state index in [1.165, 1.54) is 12.1 Å². The molecule has 2 heterocycles. The lowest BCUT2D eigenvalue weighted by molar-refractivity contribution is -0.142. The minimum Gasteiger partial charge on any atom is -0.487 e. The molecule has 4 atom stereocenters. The van der Waals surface area contributed by atoms with E-state index in [-0.39, 0.29) is 55.4 Å². The number of rotatable bonds is 7. The number of nitrogens with one attached hydrogen (secondary N) is 3. The molecule has 8 nitrogen and oxygen atoms in total. The number of halogens is 1. The van der Waals surface area contributed by atoms with Crippen molar-refractivity contribution in [2.45, 2.75) is 75.3 Å². The molecule has 0 bridgehead atoms. The lowest BCUT2D eigenvalue weighted by Gasteiger charge is -2.37. The van der Waals surface area contributed by atoms with Crippen molar-refractivity contribution in [1.29, 1.82) is 0 Å². The molecular weight excluding hydrogens is 465 g/mol. The molecule has 9 heteroatoms. The number of fused-ring (bicyclic) bond motifs is 3. The molecule has 192 valence electrons. The number of amides is 3. The number of carbonyl (C=O) groups excluding carboxylic acids is 2. The van der Waals surface area contributed by atoms with Crippen molar-refractivity contribution in [2.75, 3.05) is 11.9 Å². The zero-order valence-electron chi connectivity index (χ0n) is 20.0. The lowest BCUT2D eigenvalue weighted by atomic mass is 9.84. The fraction of sp³-hybridized carbons (Fsp3) is 0.481. The van der Waals surface area contributed by atoms with E-state index in [0.29, 0.717) is 23.4 Å². The summed E-state index contributed by atoms with van der Waals surface area (Å²) in [6.45, 7) is -0.00579. The summed E-state index contributed by atoms with van der Waals surface area (Å²) in [6.07, 6.45) is 3.62. The van der Waals surface area contributed by atoms with E-state index in [4.69, 9.17) is 9.47 Å². The number of ether oxygens (including phenoxy) is 2. The summed E-state index contributed by atoms with van der Waals surface area (Å²) in [6, 6.07) is 11.6. The quantitative estimate of drug-likeness (QED) is 0.468. The molecule has 4 N–H and O–H groups in total.